The molecule has 0 fully saturated rings. The van der Waals surface area contributed by atoms with Gasteiger partial charge in [0, 0.05) is 12.4 Å². The van der Waals surface area contributed by atoms with E-state index in [-0.39, 0.29) is 17.9 Å². The first-order valence-corrected chi connectivity index (χ1v) is 8.76. The van der Waals surface area contributed by atoms with Crippen LogP contribution in [-0.4, -0.2) is 22.9 Å². The molecule has 0 bridgehead atoms. The third-order valence-corrected chi connectivity index (χ3v) is 4.63. The van der Waals surface area contributed by atoms with Crippen LogP contribution >= 0.6 is 0 Å². The molecule has 0 spiro atoms. The summed E-state index contributed by atoms with van der Waals surface area (Å²) in [6.07, 6.45) is 0. The van der Waals surface area contributed by atoms with Gasteiger partial charge < -0.3 is 9.47 Å². The molecule has 4 rings (SSSR count). The zero-order valence-electron chi connectivity index (χ0n) is 15.5. The molecule has 0 unspecified atom stereocenters. The lowest BCUT2D eigenvalue weighted by Gasteiger charge is -2.09. The number of carbonyl (C=O) groups excluding carboxylic acids is 1. The van der Waals surface area contributed by atoms with E-state index in [1.54, 1.807) is 31.4 Å². The zero-order chi connectivity index (χ0) is 19.7. The Hall–Kier alpha value is -3.67. The Balaban J connectivity index is 1.60. The summed E-state index contributed by atoms with van der Waals surface area (Å²) in [5.74, 6) is 0.223. The number of fused-ring (bicyclic) bond motifs is 2. The summed E-state index contributed by atoms with van der Waals surface area (Å²) in [7, 11) is 3.15. The van der Waals surface area contributed by atoms with E-state index in [0.717, 1.165) is 26.8 Å². The number of carbonyl (C=O) groups is 1. The van der Waals surface area contributed by atoms with Crippen molar-refractivity contribution >= 4 is 27.5 Å². The lowest BCUT2D eigenvalue weighted by atomic mass is 10.1. The van der Waals surface area contributed by atoms with Gasteiger partial charge in [0.2, 0.25) is 0 Å². The van der Waals surface area contributed by atoms with Gasteiger partial charge in [-0.25, -0.2) is 9.48 Å². The maximum atomic E-state index is 12.6. The van der Waals surface area contributed by atoms with E-state index in [0.29, 0.717) is 10.8 Å². The molecule has 1 aromatic heterocycles. The van der Waals surface area contributed by atoms with Crippen molar-refractivity contribution < 1.29 is 14.3 Å². The molecule has 0 aliphatic heterocycles. The molecule has 0 amide bonds. The first-order valence-electron chi connectivity index (χ1n) is 8.76. The van der Waals surface area contributed by atoms with E-state index in [1.807, 2.05) is 36.4 Å². The Morgan fingerprint density at radius 2 is 1.71 bits per heavy atom. The van der Waals surface area contributed by atoms with Crippen molar-refractivity contribution in [3.05, 3.63) is 82.3 Å². The molecule has 6 nitrogen and oxygen atoms in total. The van der Waals surface area contributed by atoms with Gasteiger partial charge in [0.05, 0.1) is 12.5 Å². The average molecular weight is 374 g/mol. The average Bonchev–Trinajstić information content (AvgIpc) is 2.74. The van der Waals surface area contributed by atoms with Crippen LogP contribution in [0.2, 0.25) is 0 Å². The Morgan fingerprint density at radius 1 is 1.00 bits per heavy atom. The van der Waals surface area contributed by atoms with Crippen molar-refractivity contribution in [1.82, 2.24) is 9.78 Å². The number of aryl methyl sites for hydroxylation is 1. The van der Waals surface area contributed by atoms with Crippen molar-refractivity contribution in [2.75, 3.05) is 7.11 Å². The molecule has 0 aliphatic carbocycles. The molecule has 0 N–H and O–H groups in total. The predicted octanol–water partition coefficient (Wildman–Crippen LogP) is 3.45. The van der Waals surface area contributed by atoms with Crippen LogP contribution in [0.25, 0.3) is 21.5 Å². The van der Waals surface area contributed by atoms with Gasteiger partial charge in [0.15, 0.2) is 5.69 Å². The molecular weight excluding hydrogens is 356 g/mol. The maximum absolute atomic E-state index is 12.6. The standard InChI is InChI=1S/C22H18N2O4/c1-24-21(25)19-6-4-3-5-18(19)20(23-24)22(26)28-13-14-7-8-16-12-17(27-2)10-9-15(16)11-14/h3-12H,13H2,1-2H3. The molecule has 0 atom stereocenters. The summed E-state index contributed by atoms with van der Waals surface area (Å²) in [5, 5.41) is 7.09. The van der Waals surface area contributed by atoms with Crippen LogP contribution in [0.4, 0.5) is 0 Å². The number of hydrogen-bond acceptors (Lipinski definition) is 5. The summed E-state index contributed by atoms with van der Waals surface area (Å²) >= 11 is 0. The number of nitrogens with zero attached hydrogens (tertiary/aromatic N) is 2. The molecule has 140 valence electrons. The van der Waals surface area contributed by atoms with E-state index in [9.17, 15) is 9.59 Å². The third-order valence-electron chi connectivity index (χ3n) is 4.63. The topological polar surface area (TPSA) is 70.4 Å². The van der Waals surface area contributed by atoms with Crippen molar-refractivity contribution in [3.8, 4) is 5.75 Å². The van der Waals surface area contributed by atoms with Crippen molar-refractivity contribution in [1.29, 1.82) is 0 Å². The second kappa shape index (κ2) is 7.15. The molecule has 0 radical (unpaired) electrons. The molecule has 0 saturated heterocycles. The fourth-order valence-corrected chi connectivity index (χ4v) is 3.16. The van der Waals surface area contributed by atoms with Crippen LogP contribution in [0.5, 0.6) is 5.75 Å². The number of methoxy groups -OCH3 is 1. The molecule has 28 heavy (non-hydrogen) atoms. The maximum Gasteiger partial charge on any atom is 0.359 e. The number of esters is 1. The lowest BCUT2D eigenvalue weighted by molar-refractivity contribution is 0.0465. The second-order valence-corrected chi connectivity index (χ2v) is 6.45. The highest BCUT2D eigenvalue weighted by molar-refractivity contribution is 6.02. The van der Waals surface area contributed by atoms with Crippen LogP contribution in [0, 0.1) is 0 Å². The van der Waals surface area contributed by atoms with E-state index in [4.69, 9.17) is 9.47 Å². The van der Waals surface area contributed by atoms with E-state index in [2.05, 4.69) is 5.10 Å². The minimum Gasteiger partial charge on any atom is -0.497 e. The first kappa shape index (κ1) is 17.7. The van der Waals surface area contributed by atoms with Crippen molar-refractivity contribution in [3.63, 3.8) is 0 Å². The van der Waals surface area contributed by atoms with Gasteiger partial charge >= 0.3 is 5.97 Å². The van der Waals surface area contributed by atoms with Gasteiger partial charge in [-0.3, -0.25) is 4.79 Å². The van der Waals surface area contributed by atoms with Gasteiger partial charge in [-0.05, 0) is 40.6 Å². The second-order valence-electron chi connectivity index (χ2n) is 6.45. The minimum absolute atomic E-state index is 0.111. The molecule has 3 aromatic carbocycles. The SMILES string of the molecule is COc1ccc2cc(COC(=O)c3nn(C)c(=O)c4ccccc34)ccc2c1. The highest BCUT2D eigenvalue weighted by Crippen LogP contribution is 2.22. The Bertz CT molecular complexity index is 1260. The third kappa shape index (κ3) is 3.20. The molecule has 0 saturated carbocycles. The minimum atomic E-state index is -0.568. The quantitative estimate of drug-likeness (QED) is 0.512. The van der Waals surface area contributed by atoms with Crippen LogP contribution in [0.1, 0.15) is 16.1 Å². The molecule has 6 heteroatoms. The Kier molecular flexibility index (Phi) is 4.53. The van der Waals surface area contributed by atoms with Crippen LogP contribution in [0.15, 0.2) is 65.5 Å². The number of aromatic nitrogens is 2. The van der Waals surface area contributed by atoms with Crippen LogP contribution < -0.4 is 10.3 Å². The smallest absolute Gasteiger partial charge is 0.359 e. The molecular formula is C22H18N2O4. The summed E-state index contributed by atoms with van der Waals surface area (Å²) < 4.78 is 11.9. The monoisotopic (exact) mass is 374 g/mol. The highest BCUT2D eigenvalue weighted by atomic mass is 16.5. The van der Waals surface area contributed by atoms with Gasteiger partial charge in [0.1, 0.15) is 12.4 Å². The van der Waals surface area contributed by atoms with Crippen molar-refractivity contribution in [2.45, 2.75) is 6.61 Å². The number of rotatable bonds is 4. The first-order chi connectivity index (χ1) is 13.6. The van der Waals surface area contributed by atoms with Gasteiger partial charge in [-0.1, -0.05) is 36.4 Å². The molecule has 4 aromatic rings. The summed E-state index contributed by atoms with van der Waals surface area (Å²) in [5.41, 5.74) is 0.737. The van der Waals surface area contributed by atoms with E-state index >= 15 is 0 Å². The van der Waals surface area contributed by atoms with E-state index < -0.39 is 5.97 Å². The fourth-order valence-electron chi connectivity index (χ4n) is 3.16. The number of benzene rings is 3. The molecule has 1 heterocycles. The highest BCUT2D eigenvalue weighted by Gasteiger charge is 2.17. The summed E-state index contributed by atoms with van der Waals surface area (Å²) in [6, 6.07) is 18.5. The van der Waals surface area contributed by atoms with Crippen molar-refractivity contribution in [2.24, 2.45) is 7.05 Å². The van der Waals surface area contributed by atoms with Gasteiger partial charge in [-0.15, -0.1) is 0 Å². The predicted molar refractivity (Wildman–Crippen MR) is 107 cm³/mol. The zero-order valence-corrected chi connectivity index (χ0v) is 15.5. The Morgan fingerprint density at radius 3 is 2.50 bits per heavy atom. The lowest BCUT2D eigenvalue weighted by Crippen LogP contribution is -2.23. The fraction of sp³-hybridized carbons (Fsp3) is 0.136. The summed E-state index contributed by atoms with van der Waals surface area (Å²) in [4.78, 5) is 24.8. The Labute approximate surface area is 160 Å². The van der Waals surface area contributed by atoms with Gasteiger partial charge in [0.25, 0.3) is 5.56 Å². The number of hydrogen-bond donors (Lipinski definition) is 0. The molecule has 0 aliphatic rings. The van der Waals surface area contributed by atoms with Gasteiger partial charge in [-0.2, -0.15) is 5.10 Å². The largest absolute Gasteiger partial charge is 0.497 e. The summed E-state index contributed by atoms with van der Waals surface area (Å²) in [6.45, 7) is 0.111. The normalized spacial score (nSPS) is 10.9. The van der Waals surface area contributed by atoms with Crippen LogP contribution in [-0.2, 0) is 18.4 Å². The van der Waals surface area contributed by atoms with Crippen LogP contribution in [0.3, 0.4) is 0 Å². The van der Waals surface area contributed by atoms with E-state index in [1.165, 1.54) is 7.05 Å². The number of ether oxygens (including phenoxy) is 2.